The molecular weight excluding hydrogens is 515 g/mol. The Morgan fingerprint density at radius 1 is 0.675 bits per heavy atom. The van der Waals surface area contributed by atoms with E-state index in [1.165, 1.54) is 0 Å². The fraction of sp³-hybridized carbons (Fsp3) is 0.257. The van der Waals surface area contributed by atoms with Gasteiger partial charge >= 0.3 is 7.60 Å². The average molecular weight is 549 g/mol. The largest absolute Gasteiger partial charge is 0.349 e. The average Bonchev–Trinajstić information content (AvgIpc) is 3.43. The lowest BCUT2D eigenvalue weighted by Crippen LogP contribution is -2.51. The van der Waals surface area contributed by atoms with Crippen molar-refractivity contribution in [1.82, 2.24) is 0 Å². The van der Waals surface area contributed by atoms with E-state index >= 15 is 4.57 Å². The molecule has 3 aliphatic rings. The molecule has 0 aliphatic carbocycles. The molecule has 3 heterocycles. The van der Waals surface area contributed by atoms with Gasteiger partial charge in [0.05, 0.1) is 13.2 Å². The lowest BCUT2D eigenvalue weighted by molar-refractivity contribution is -0.0525. The molecule has 4 nitrogen and oxygen atoms in total. The molecule has 7 rings (SSSR count). The highest BCUT2D eigenvalue weighted by Crippen LogP contribution is 2.85. The Hall–Kier alpha value is -3.27. The number of hydrogen-bond acceptors (Lipinski definition) is 4. The van der Waals surface area contributed by atoms with Crippen molar-refractivity contribution in [1.29, 1.82) is 0 Å². The summed E-state index contributed by atoms with van der Waals surface area (Å²) in [6.07, 6.45) is 0. The van der Waals surface area contributed by atoms with Crippen LogP contribution >= 0.6 is 7.60 Å². The number of aryl methyl sites for hydroxylation is 1. The highest BCUT2D eigenvalue weighted by Gasteiger charge is 2.82. The molecule has 4 aromatic rings. The van der Waals surface area contributed by atoms with E-state index in [2.05, 4.69) is 69.3 Å². The Kier molecular flexibility index (Phi) is 5.53. The van der Waals surface area contributed by atoms with Gasteiger partial charge in [-0.3, -0.25) is 4.57 Å². The van der Waals surface area contributed by atoms with Gasteiger partial charge in [-0.15, -0.1) is 0 Å². The molecule has 2 saturated heterocycles. The van der Waals surface area contributed by atoms with Gasteiger partial charge in [-0.2, -0.15) is 0 Å². The molecule has 0 unspecified atom stereocenters. The monoisotopic (exact) mass is 548 g/mol. The third-order valence-electron chi connectivity index (χ3n) is 8.85. The van der Waals surface area contributed by atoms with Crippen LogP contribution < -0.4 is 0 Å². The zero-order valence-electron chi connectivity index (χ0n) is 23.1. The number of ether oxygens (including phenoxy) is 1. The predicted octanol–water partition coefficient (Wildman–Crippen LogP) is 8.24. The minimum Gasteiger partial charge on any atom is -0.343 e. The van der Waals surface area contributed by atoms with Gasteiger partial charge < -0.3 is 13.8 Å². The van der Waals surface area contributed by atoms with E-state index in [9.17, 15) is 0 Å². The summed E-state index contributed by atoms with van der Waals surface area (Å²) in [5, 5.41) is -1.37. The summed E-state index contributed by atoms with van der Waals surface area (Å²) in [5.41, 5.74) is 3.76. The minimum atomic E-state index is -3.98. The standard InChI is InChI=1S/C35H33O4P/c1-25-19-21-29(22-20-25)35(40(36)37-23-32(3,4)24-38-40)26(2)33(27-13-7-5-8-14-27)30-17-11-12-18-31(30)34(35,39-33)28-15-9-6-10-16-28/h5-22H,2,23-24H2,1,3-4H3/t33-,34+,35+/m1/s1. The Morgan fingerprint density at radius 3 is 1.80 bits per heavy atom. The number of rotatable bonds is 4. The van der Waals surface area contributed by atoms with E-state index in [0.29, 0.717) is 18.8 Å². The quantitative estimate of drug-likeness (QED) is 0.190. The molecule has 0 aromatic heterocycles. The summed E-state index contributed by atoms with van der Waals surface area (Å²) in [5.74, 6) is 0. The van der Waals surface area contributed by atoms with Crippen molar-refractivity contribution in [3.63, 3.8) is 0 Å². The number of fused-ring (bicyclic) bond motifs is 5. The minimum absolute atomic E-state index is 0.281. The highest BCUT2D eigenvalue weighted by atomic mass is 31.2. The normalized spacial score (nSPS) is 29.7. The van der Waals surface area contributed by atoms with Gasteiger partial charge in [0.1, 0.15) is 11.2 Å². The fourth-order valence-corrected chi connectivity index (χ4v) is 10.2. The third-order valence-corrected chi connectivity index (χ3v) is 11.5. The summed E-state index contributed by atoms with van der Waals surface area (Å²) < 4.78 is 36.3. The van der Waals surface area contributed by atoms with E-state index in [0.717, 1.165) is 33.4 Å². The molecule has 0 amide bonds. The SMILES string of the molecule is C=C1[C@]2(c3ccccc3)O[C@@](c3ccccc3)(c3ccccc32)[C@]1(c1ccc(C)cc1)P1(=O)OCC(C)(C)CO1. The van der Waals surface area contributed by atoms with Crippen LogP contribution in [-0.2, 0) is 34.7 Å². The Labute approximate surface area is 236 Å². The van der Waals surface area contributed by atoms with Crippen LogP contribution in [0.25, 0.3) is 0 Å². The zero-order valence-corrected chi connectivity index (χ0v) is 24.0. The van der Waals surface area contributed by atoms with Crippen LogP contribution in [0.15, 0.2) is 121 Å². The molecule has 0 saturated carbocycles. The summed E-state index contributed by atoms with van der Waals surface area (Å²) in [4.78, 5) is 0. The van der Waals surface area contributed by atoms with Gasteiger partial charge in [0.25, 0.3) is 0 Å². The summed E-state index contributed by atoms with van der Waals surface area (Å²) in [7, 11) is -3.98. The zero-order chi connectivity index (χ0) is 27.8. The molecule has 3 aliphatic heterocycles. The van der Waals surface area contributed by atoms with Crippen molar-refractivity contribution >= 4 is 7.60 Å². The smallest absolute Gasteiger partial charge is 0.343 e. The van der Waals surface area contributed by atoms with Crippen molar-refractivity contribution in [2.45, 2.75) is 37.1 Å². The molecule has 40 heavy (non-hydrogen) atoms. The van der Waals surface area contributed by atoms with Gasteiger partial charge in [-0.1, -0.05) is 135 Å². The van der Waals surface area contributed by atoms with E-state index < -0.39 is 24.0 Å². The second kappa shape index (κ2) is 8.61. The van der Waals surface area contributed by atoms with Gasteiger partial charge in [0.15, 0.2) is 5.16 Å². The maximum atomic E-state index is 15.7. The van der Waals surface area contributed by atoms with E-state index in [4.69, 9.17) is 20.4 Å². The van der Waals surface area contributed by atoms with Crippen molar-refractivity contribution < 1.29 is 18.3 Å². The van der Waals surface area contributed by atoms with E-state index in [1.54, 1.807) is 0 Å². The van der Waals surface area contributed by atoms with E-state index in [1.807, 2.05) is 60.7 Å². The molecule has 3 atom stereocenters. The lowest BCUT2D eigenvalue weighted by atomic mass is 9.61. The summed E-state index contributed by atoms with van der Waals surface area (Å²) in [6, 6.07) is 36.7. The van der Waals surface area contributed by atoms with Crippen LogP contribution in [0.3, 0.4) is 0 Å². The predicted molar refractivity (Wildman–Crippen MR) is 157 cm³/mol. The Bertz CT molecular complexity index is 1650. The Balaban J connectivity index is 1.67. The van der Waals surface area contributed by atoms with Crippen LogP contribution in [0.4, 0.5) is 0 Å². The second-order valence-corrected chi connectivity index (χ2v) is 14.2. The number of hydrogen-bond donors (Lipinski definition) is 0. The lowest BCUT2D eigenvalue weighted by Gasteiger charge is -2.52. The first-order valence-electron chi connectivity index (χ1n) is 13.8. The molecule has 2 bridgehead atoms. The molecule has 202 valence electrons. The van der Waals surface area contributed by atoms with Crippen LogP contribution in [0.2, 0.25) is 0 Å². The van der Waals surface area contributed by atoms with Crippen molar-refractivity contribution in [2.24, 2.45) is 5.41 Å². The van der Waals surface area contributed by atoms with Crippen molar-refractivity contribution in [3.05, 3.63) is 155 Å². The first-order valence-corrected chi connectivity index (χ1v) is 15.3. The number of benzene rings is 4. The highest BCUT2D eigenvalue weighted by molar-refractivity contribution is 7.55. The second-order valence-electron chi connectivity index (χ2n) is 12.0. The van der Waals surface area contributed by atoms with E-state index in [-0.39, 0.29) is 5.41 Å². The first-order chi connectivity index (χ1) is 19.2. The van der Waals surface area contributed by atoms with Crippen LogP contribution in [0, 0.1) is 12.3 Å². The van der Waals surface area contributed by atoms with Crippen LogP contribution in [0.1, 0.15) is 47.2 Å². The molecule has 0 spiro atoms. The van der Waals surface area contributed by atoms with Gasteiger partial charge in [-0.05, 0) is 40.3 Å². The van der Waals surface area contributed by atoms with Gasteiger partial charge in [0, 0.05) is 5.41 Å². The molecule has 5 heteroatoms. The molecule has 4 aromatic carbocycles. The summed E-state index contributed by atoms with van der Waals surface area (Å²) >= 11 is 0. The maximum absolute atomic E-state index is 15.7. The Morgan fingerprint density at radius 2 is 1.20 bits per heavy atom. The van der Waals surface area contributed by atoms with Gasteiger partial charge in [-0.25, -0.2) is 0 Å². The molecule has 2 fully saturated rings. The third kappa shape index (κ3) is 3.05. The summed E-state index contributed by atoms with van der Waals surface area (Å²) in [6.45, 7) is 11.6. The first kappa shape index (κ1) is 25.7. The van der Waals surface area contributed by atoms with Crippen LogP contribution in [0.5, 0.6) is 0 Å². The van der Waals surface area contributed by atoms with Crippen molar-refractivity contribution in [3.8, 4) is 0 Å². The van der Waals surface area contributed by atoms with Gasteiger partial charge in [0.2, 0.25) is 0 Å². The van der Waals surface area contributed by atoms with Crippen LogP contribution in [-0.4, -0.2) is 13.2 Å². The van der Waals surface area contributed by atoms with Crippen molar-refractivity contribution in [2.75, 3.05) is 13.2 Å². The maximum Gasteiger partial charge on any atom is 0.349 e. The molecule has 0 radical (unpaired) electrons. The fourth-order valence-electron chi connectivity index (χ4n) is 7.04. The molecule has 0 N–H and O–H groups in total. The molecular formula is C35H33O4P. The topological polar surface area (TPSA) is 44.8 Å².